The van der Waals surface area contributed by atoms with Crippen LogP contribution in [-0.4, -0.2) is 267 Å². The Bertz CT molecular complexity index is 5120. The Hall–Kier alpha value is -13.5. The van der Waals surface area contributed by atoms with E-state index in [1.54, 1.807) is 143 Å². The Balaban J connectivity index is 1.07. The van der Waals surface area contributed by atoms with Gasteiger partial charge in [-0.25, -0.2) is 0 Å². The van der Waals surface area contributed by atoms with E-state index in [1.165, 1.54) is 47.4 Å². The van der Waals surface area contributed by atoms with Crippen LogP contribution in [0.25, 0.3) is 10.9 Å². The summed E-state index contributed by atoms with van der Waals surface area (Å²) in [6, 6.07) is 26.5. The molecule has 0 aliphatic carbocycles. The van der Waals surface area contributed by atoms with Gasteiger partial charge in [0.15, 0.2) is 0 Å². The standard InChI is InChI=1S/C94H119F3N16O18S/c1-11-12-32-75(91(129)110(7)53-79(117)102-71(50-81(119)120)87(125)108-82(57(4)5)93(131)112(9)76(47-59-26-18-14-19-27-59)88(126)106-72(89(127)109(6)41-42-114)46-62-35-39-65(115)40-36-62)111(8)92(130)77(48-60-28-20-15-21-29-60)113(10)90(128)73(45-58-24-16-13-17-25-58)103-80(118)55-132-54-74(84(122)101-52-78(99)116)107-85(123)69(43-56(2)3)105-86(124)70(44-61-33-37-64(38-34-61)94(95,96)97)104-83(121)67(98)49-63-51-100-68-31-23-22-30-66(63)68/h13-31,33-40,42,51,56-57,67,69-77,82,100,115H,11-12,32,41,43-50,52-55,98H2,1-10H3,(H2,99,116)(H,101,122)(H,102,117)(H,103,118)(H,104,121)(H,105,124)(H,106,126)(H,107,123)(H,108,125)(H,119,120)/t67-,69-,70-,71-,72-,73-,74-,75-,76-,77-,82-/m0/s1. The quantitative estimate of drug-likeness (QED) is 0.0242. The molecule has 0 aliphatic rings. The van der Waals surface area contributed by atoms with Crippen LogP contribution in [-0.2, 0) is 121 Å². The van der Waals surface area contributed by atoms with Crippen molar-refractivity contribution in [3.63, 3.8) is 0 Å². The van der Waals surface area contributed by atoms with Crippen molar-refractivity contribution in [1.29, 1.82) is 0 Å². The number of aromatic hydroxyl groups is 1. The van der Waals surface area contributed by atoms with Crippen molar-refractivity contribution >= 4 is 118 Å². The topological polar surface area (TPSA) is 494 Å². The number of likely N-dealkylation sites (N-methyl/N-ethyl adjacent to an activating group) is 5. The van der Waals surface area contributed by atoms with E-state index in [9.17, 15) is 90.5 Å². The number of hydrogen-bond acceptors (Lipinski definition) is 19. The molecule has 6 aromatic carbocycles. The van der Waals surface area contributed by atoms with Gasteiger partial charge in [-0.15, -0.1) is 11.8 Å². The number of halogens is 3. The van der Waals surface area contributed by atoms with Gasteiger partial charge in [-0.2, -0.15) is 13.2 Å². The van der Waals surface area contributed by atoms with Gasteiger partial charge < -0.3 is 98.5 Å². The second-order valence-electron chi connectivity index (χ2n) is 33.3. The maximum Gasteiger partial charge on any atom is 0.416 e. The lowest BCUT2D eigenvalue weighted by molar-refractivity contribution is -0.151. The normalized spacial score (nSPS) is 13.8. The predicted molar refractivity (Wildman–Crippen MR) is 488 cm³/mol. The molecule has 1 aromatic heterocycles. The fraction of sp³-hybridized carbons (Fsp3) is 0.426. The number of carbonyl (C=O) groups is 16. The summed E-state index contributed by atoms with van der Waals surface area (Å²) in [5.41, 5.74) is 14.7. The molecule has 0 spiro atoms. The number of phenols is 1. The second-order valence-corrected chi connectivity index (χ2v) is 34.3. The molecule has 38 heteroatoms. The van der Waals surface area contributed by atoms with E-state index in [0.29, 0.717) is 46.9 Å². The number of aliphatic carboxylic acids is 1. The van der Waals surface area contributed by atoms with Gasteiger partial charge in [-0.05, 0) is 94.8 Å². The highest BCUT2D eigenvalue weighted by Crippen LogP contribution is 2.30. The lowest BCUT2D eigenvalue weighted by Crippen LogP contribution is -2.61. The first-order chi connectivity index (χ1) is 62.6. The van der Waals surface area contributed by atoms with Crippen LogP contribution in [0.3, 0.4) is 0 Å². The molecule has 14 amide bonds. The Morgan fingerprint density at radius 2 is 0.977 bits per heavy atom. The number of carboxylic acids is 1. The number of aldehydes is 1. The van der Waals surface area contributed by atoms with Crippen molar-refractivity contribution in [2.45, 2.75) is 178 Å². The second kappa shape index (κ2) is 51.2. The van der Waals surface area contributed by atoms with Crippen LogP contribution < -0.4 is 54.0 Å². The van der Waals surface area contributed by atoms with Gasteiger partial charge in [-0.1, -0.05) is 181 Å². The number of fused-ring (bicyclic) bond motifs is 1. The summed E-state index contributed by atoms with van der Waals surface area (Å²) in [6.07, 6.45) is -3.70. The summed E-state index contributed by atoms with van der Waals surface area (Å²) in [6.45, 7) is 6.57. The fourth-order valence-corrected chi connectivity index (χ4v) is 15.6. The van der Waals surface area contributed by atoms with Crippen molar-refractivity contribution < 1.29 is 100 Å². The molecule has 0 fully saturated rings. The molecule has 1 heterocycles. The number of nitrogens with one attached hydrogen (secondary N) is 9. The number of aromatic amines is 1. The van der Waals surface area contributed by atoms with Crippen LogP contribution in [0.5, 0.6) is 5.75 Å². The average molecular weight is 1850 g/mol. The summed E-state index contributed by atoms with van der Waals surface area (Å²) in [5.74, 6) is -15.9. The van der Waals surface area contributed by atoms with Gasteiger partial charge in [0.1, 0.15) is 72.5 Å². The highest BCUT2D eigenvalue weighted by molar-refractivity contribution is 8.00. The first-order valence-electron chi connectivity index (χ1n) is 43.1. The third-order valence-corrected chi connectivity index (χ3v) is 23.1. The molecule has 710 valence electrons. The average Bonchev–Trinajstić information content (AvgIpc) is 1.16. The van der Waals surface area contributed by atoms with Gasteiger partial charge in [-0.3, -0.25) is 71.9 Å². The zero-order valence-corrected chi connectivity index (χ0v) is 76.2. The molecule has 0 saturated heterocycles. The number of amides is 14. The maximum atomic E-state index is 15.5. The number of nitrogens with zero attached hydrogens (tertiary/aromatic N) is 5. The molecular weight excluding hydrogens is 1730 g/mol. The molecule has 11 atom stereocenters. The van der Waals surface area contributed by atoms with E-state index in [2.05, 4.69) is 47.5 Å². The highest BCUT2D eigenvalue weighted by atomic mass is 32.2. The van der Waals surface area contributed by atoms with E-state index >= 15 is 9.59 Å². The lowest BCUT2D eigenvalue weighted by Gasteiger charge is -2.37. The van der Waals surface area contributed by atoms with Crippen LogP contribution in [0.15, 0.2) is 170 Å². The Morgan fingerprint density at radius 3 is 1.53 bits per heavy atom. The van der Waals surface area contributed by atoms with Gasteiger partial charge in [0.2, 0.25) is 82.7 Å². The molecule has 34 nitrogen and oxygen atoms in total. The van der Waals surface area contributed by atoms with Crippen molar-refractivity contribution in [3.8, 4) is 5.75 Å². The number of para-hydroxylation sites is 1. The minimum Gasteiger partial charge on any atom is -0.508 e. The van der Waals surface area contributed by atoms with Crippen LogP contribution in [0.1, 0.15) is 106 Å². The Kier molecular flexibility index (Phi) is 40.9. The smallest absolute Gasteiger partial charge is 0.416 e. The first kappa shape index (κ1) is 106. The minimum atomic E-state index is -4.70. The number of thioether (sulfide) groups is 1. The summed E-state index contributed by atoms with van der Waals surface area (Å²) < 4.78 is 41.1. The molecular formula is C94H119F3N16O18S. The molecule has 0 saturated carbocycles. The molecule has 7 aromatic rings. The molecule has 0 bridgehead atoms. The van der Waals surface area contributed by atoms with Crippen molar-refractivity contribution in [1.82, 2.24) is 72.0 Å². The first-order valence-corrected chi connectivity index (χ1v) is 44.3. The number of carboxylic acid groups (broad SMARTS) is 1. The molecule has 0 aliphatic heterocycles. The molecule has 132 heavy (non-hydrogen) atoms. The third-order valence-electron chi connectivity index (χ3n) is 22.1. The number of H-pyrrole nitrogens is 1. The third kappa shape index (κ3) is 32.5. The molecule has 0 radical (unpaired) electrons. The monoisotopic (exact) mass is 1850 g/mol. The van der Waals surface area contributed by atoms with Crippen molar-refractivity contribution in [3.05, 3.63) is 209 Å². The van der Waals surface area contributed by atoms with E-state index < -0.39 is 204 Å². The maximum absolute atomic E-state index is 15.5. The Morgan fingerprint density at radius 1 is 0.492 bits per heavy atom. The zero-order chi connectivity index (χ0) is 97.2. The summed E-state index contributed by atoms with van der Waals surface area (Å²) in [4.78, 5) is 234. The number of alkyl halides is 3. The van der Waals surface area contributed by atoms with E-state index in [0.717, 1.165) is 71.4 Å². The number of benzene rings is 6. The van der Waals surface area contributed by atoms with Crippen LogP contribution >= 0.6 is 11.8 Å². The van der Waals surface area contributed by atoms with Gasteiger partial charge in [0.25, 0.3) is 0 Å². The number of hydrogen-bond donors (Lipinski definition) is 13. The predicted octanol–water partition coefficient (Wildman–Crippen LogP) is 3.67. The lowest BCUT2D eigenvalue weighted by atomic mass is 9.98. The highest BCUT2D eigenvalue weighted by Gasteiger charge is 2.42. The van der Waals surface area contributed by atoms with Crippen molar-refractivity contribution in [2.75, 3.05) is 66.4 Å². The number of nitrogens with two attached hydrogens (primary N) is 2. The van der Waals surface area contributed by atoms with Gasteiger partial charge in [0.05, 0.1) is 43.4 Å². The molecule has 0 unspecified atom stereocenters. The largest absolute Gasteiger partial charge is 0.508 e. The van der Waals surface area contributed by atoms with E-state index in [1.807, 2.05) is 25.1 Å². The summed E-state index contributed by atoms with van der Waals surface area (Å²) in [7, 11) is 6.60. The number of aromatic nitrogens is 1. The van der Waals surface area contributed by atoms with Gasteiger partial charge >= 0.3 is 12.1 Å². The number of primary amides is 1. The van der Waals surface area contributed by atoms with Crippen LogP contribution in [0.4, 0.5) is 13.2 Å². The Labute approximate surface area is 768 Å². The van der Waals surface area contributed by atoms with Crippen LogP contribution in [0, 0.1) is 11.8 Å². The number of carbonyl (C=O) groups excluding carboxylic acids is 15. The zero-order valence-electron chi connectivity index (χ0n) is 75.4. The SMILES string of the molecule is CCCC[C@@H](C(=O)N(C)CC(=O)N[C@@H](CC(=O)O)C(=O)N[C@H](C(=O)N(C)[C@@H](Cc1ccccc1)C(=O)N[C@@H](Cc1ccc(O)cc1)C(=O)N(C)CC=O)C(C)C)N(C)C(=O)[C@H](Cc1ccccc1)N(C)C(=O)[C@H](Cc1ccccc1)NC(=O)CSC[C@H](NC(=O)[C@H](CC(C)C)NC(=O)[C@H](Cc1ccc(C(F)(F)F)cc1)NC(=O)[C@@H](N)Cc1c[nH]c2ccccc12)C(=O)NCC(N)=O. The summed E-state index contributed by atoms with van der Waals surface area (Å²) >= 11 is 0.800. The molecule has 7 rings (SSSR count). The summed E-state index contributed by atoms with van der Waals surface area (Å²) in [5, 5.41) is 41.6. The van der Waals surface area contributed by atoms with Crippen molar-refractivity contribution in [2.24, 2.45) is 23.3 Å². The number of rotatable bonds is 51. The minimum absolute atomic E-state index is 0.00323. The number of phenolic OH excluding ortho intramolecular Hbond substituents is 1. The van der Waals surface area contributed by atoms with E-state index in [-0.39, 0.29) is 75.1 Å². The molecule has 15 N–H and O–H groups in total. The van der Waals surface area contributed by atoms with Crippen LogP contribution in [0.2, 0.25) is 0 Å². The van der Waals surface area contributed by atoms with E-state index in [4.69, 9.17) is 11.5 Å². The van der Waals surface area contributed by atoms with Gasteiger partial charge in [0, 0.05) is 90.2 Å². The number of unbranched alkanes of at least 4 members (excludes halogenated alkanes) is 1. The fourth-order valence-electron chi connectivity index (χ4n) is 14.7.